The molecule has 1 heterocycles. The second kappa shape index (κ2) is 8.33. The molecule has 162 valence electrons. The number of anilines is 1. The van der Waals surface area contributed by atoms with Crippen LogP contribution in [0.25, 0.3) is 5.69 Å². The fourth-order valence-electron chi connectivity index (χ4n) is 2.47. The van der Waals surface area contributed by atoms with E-state index >= 15 is 0 Å². The number of nitrogens with one attached hydrogen (secondary N) is 1. The van der Waals surface area contributed by atoms with E-state index in [1.807, 2.05) is 0 Å². The van der Waals surface area contributed by atoms with Crippen molar-refractivity contribution in [1.82, 2.24) is 15.0 Å². The minimum absolute atomic E-state index is 0.216. The number of hydrogen-bond acceptors (Lipinski definition) is 6. The van der Waals surface area contributed by atoms with Gasteiger partial charge >= 0.3 is 12.8 Å². The van der Waals surface area contributed by atoms with Crippen LogP contribution in [0.5, 0.6) is 5.75 Å². The Labute approximate surface area is 169 Å². The number of amides is 1. The van der Waals surface area contributed by atoms with Crippen molar-refractivity contribution in [3.05, 3.63) is 70.0 Å². The van der Waals surface area contributed by atoms with Crippen molar-refractivity contribution in [2.24, 2.45) is 0 Å². The molecule has 0 spiro atoms. The molecule has 0 unspecified atom stereocenters. The normalized spacial score (nSPS) is 11.4. The zero-order chi connectivity index (χ0) is 22.8. The number of carbonyl (C=O) groups is 1. The number of benzene rings is 2. The van der Waals surface area contributed by atoms with Crippen LogP contribution in [0.15, 0.2) is 48.7 Å². The third-order valence-corrected chi connectivity index (χ3v) is 3.79. The number of nitro benzene ring substituents is 1. The predicted octanol–water partition coefficient (Wildman–Crippen LogP) is 4.05. The predicted molar refractivity (Wildman–Crippen MR) is 94.0 cm³/mol. The topological polar surface area (TPSA) is 112 Å². The molecule has 2 aromatic carbocycles. The van der Waals surface area contributed by atoms with E-state index in [0.717, 1.165) is 16.9 Å². The smallest absolute Gasteiger partial charge is 0.420 e. The van der Waals surface area contributed by atoms with Gasteiger partial charge in [-0.25, -0.2) is 4.68 Å². The Morgan fingerprint density at radius 2 is 1.94 bits per heavy atom. The summed E-state index contributed by atoms with van der Waals surface area (Å²) in [5.74, 6) is -2.05. The number of carbonyl (C=O) groups excluding carboxylic acids is 1. The molecule has 0 bridgehead atoms. The van der Waals surface area contributed by atoms with Crippen LogP contribution in [-0.2, 0) is 6.18 Å². The summed E-state index contributed by atoms with van der Waals surface area (Å²) >= 11 is 0. The van der Waals surface area contributed by atoms with Crippen molar-refractivity contribution < 1.29 is 36.4 Å². The Morgan fingerprint density at radius 1 is 1.19 bits per heavy atom. The van der Waals surface area contributed by atoms with Gasteiger partial charge in [-0.2, -0.15) is 22.0 Å². The Kier molecular flexibility index (Phi) is 5.81. The first kappa shape index (κ1) is 21.6. The van der Waals surface area contributed by atoms with Crippen LogP contribution < -0.4 is 10.1 Å². The number of nitro groups is 1. The summed E-state index contributed by atoms with van der Waals surface area (Å²) in [6, 6.07) is 7.28. The van der Waals surface area contributed by atoms with Gasteiger partial charge < -0.3 is 10.1 Å². The van der Waals surface area contributed by atoms with E-state index < -0.39 is 34.9 Å². The molecule has 0 radical (unpaired) electrons. The number of halogens is 5. The van der Waals surface area contributed by atoms with Crippen LogP contribution >= 0.6 is 0 Å². The monoisotopic (exact) mass is 443 g/mol. The number of ether oxygens (including phenoxy) is 1. The molecule has 0 aliphatic rings. The van der Waals surface area contributed by atoms with Crippen LogP contribution in [0.4, 0.5) is 33.3 Å². The molecular weight excluding hydrogens is 433 g/mol. The molecule has 3 aromatic rings. The number of aromatic nitrogens is 3. The Bertz CT molecular complexity index is 1130. The van der Waals surface area contributed by atoms with Crippen LogP contribution in [0.2, 0.25) is 0 Å². The first-order valence-electron chi connectivity index (χ1n) is 8.19. The summed E-state index contributed by atoms with van der Waals surface area (Å²) < 4.78 is 68.9. The number of non-ortho nitro benzene ring substituents is 1. The summed E-state index contributed by atoms with van der Waals surface area (Å²) in [4.78, 5) is 22.5. The summed E-state index contributed by atoms with van der Waals surface area (Å²) in [6.45, 7) is -3.47. The van der Waals surface area contributed by atoms with Crippen LogP contribution in [-0.4, -0.2) is 32.4 Å². The zero-order valence-corrected chi connectivity index (χ0v) is 15.0. The molecule has 0 aliphatic carbocycles. The maximum absolute atomic E-state index is 13.1. The third-order valence-electron chi connectivity index (χ3n) is 3.79. The lowest BCUT2D eigenvalue weighted by atomic mass is 10.1. The maximum atomic E-state index is 13.1. The molecule has 0 saturated heterocycles. The molecule has 0 fully saturated rings. The van der Waals surface area contributed by atoms with E-state index in [9.17, 15) is 36.9 Å². The fraction of sp³-hybridized carbons (Fsp3) is 0.118. The summed E-state index contributed by atoms with van der Waals surface area (Å²) in [5.41, 5.74) is -2.19. The van der Waals surface area contributed by atoms with Gasteiger partial charge in [-0.1, -0.05) is 11.3 Å². The van der Waals surface area contributed by atoms with Gasteiger partial charge in [0, 0.05) is 17.8 Å². The molecule has 14 heteroatoms. The van der Waals surface area contributed by atoms with Crippen LogP contribution in [0.1, 0.15) is 16.1 Å². The number of hydrogen-bond donors (Lipinski definition) is 1. The summed E-state index contributed by atoms with van der Waals surface area (Å²) in [6.07, 6.45) is -3.91. The average molecular weight is 443 g/mol. The second-order valence-corrected chi connectivity index (χ2v) is 5.87. The van der Waals surface area contributed by atoms with Crippen molar-refractivity contribution >= 4 is 17.3 Å². The molecule has 1 amide bonds. The molecule has 0 aliphatic heterocycles. The molecule has 3 rings (SSSR count). The summed E-state index contributed by atoms with van der Waals surface area (Å²) in [7, 11) is 0. The van der Waals surface area contributed by atoms with E-state index in [4.69, 9.17) is 0 Å². The zero-order valence-electron chi connectivity index (χ0n) is 15.0. The van der Waals surface area contributed by atoms with Gasteiger partial charge in [-0.3, -0.25) is 14.9 Å². The maximum Gasteiger partial charge on any atom is 0.420 e. The van der Waals surface area contributed by atoms with Crippen molar-refractivity contribution in [2.75, 3.05) is 5.32 Å². The highest BCUT2D eigenvalue weighted by molar-refractivity contribution is 6.02. The Morgan fingerprint density at radius 3 is 2.58 bits per heavy atom. The molecule has 1 N–H and O–H groups in total. The number of alkyl halides is 5. The fourth-order valence-corrected chi connectivity index (χ4v) is 2.47. The van der Waals surface area contributed by atoms with Crippen molar-refractivity contribution in [2.45, 2.75) is 12.8 Å². The van der Waals surface area contributed by atoms with Crippen LogP contribution in [0.3, 0.4) is 0 Å². The first-order valence-corrected chi connectivity index (χ1v) is 8.19. The van der Waals surface area contributed by atoms with Gasteiger partial charge in [0.1, 0.15) is 5.75 Å². The van der Waals surface area contributed by atoms with Gasteiger partial charge in [0.15, 0.2) is 5.69 Å². The second-order valence-electron chi connectivity index (χ2n) is 5.87. The first-order chi connectivity index (χ1) is 14.5. The largest absolute Gasteiger partial charge is 0.434 e. The lowest BCUT2D eigenvalue weighted by molar-refractivity contribution is -0.384. The third kappa shape index (κ3) is 5.09. The highest BCUT2D eigenvalue weighted by atomic mass is 19.4. The van der Waals surface area contributed by atoms with Crippen molar-refractivity contribution in [3.8, 4) is 11.4 Å². The van der Waals surface area contributed by atoms with Crippen LogP contribution in [0, 0.1) is 10.1 Å². The average Bonchev–Trinajstić information content (AvgIpc) is 3.18. The molecular formula is C17H10F5N5O4. The lowest BCUT2D eigenvalue weighted by Gasteiger charge is -2.15. The minimum atomic E-state index is -5.02. The highest BCUT2D eigenvalue weighted by Crippen LogP contribution is 2.38. The van der Waals surface area contributed by atoms with Gasteiger partial charge in [-0.05, 0) is 24.3 Å². The van der Waals surface area contributed by atoms with Crippen molar-refractivity contribution in [1.29, 1.82) is 0 Å². The minimum Gasteiger partial charge on any atom is -0.434 e. The van der Waals surface area contributed by atoms with Gasteiger partial charge in [0.2, 0.25) is 0 Å². The lowest BCUT2D eigenvalue weighted by Crippen LogP contribution is -2.15. The Balaban J connectivity index is 1.82. The van der Waals surface area contributed by atoms with E-state index in [-0.39, 0.29) is 22.8 Å². The SMILES string of the molecule is O=C(Nc1ccc(OC(F)F)c(C(F)(F)F)c1)c1cn(-c2cccc([N+](=O)[O-])c2)nn1. The standard InChI is InChI=1S/C17H10F5N5O4/c18-16(19)31-14-5-4-9(6-12(14)17(20,21)22)23-15(28)13-8-26(25-24-13)10-2-1-3-11(7-10)27(29)30/h1-8,16H,(H,23,28). The molecule has 31 heavy (non-hydrogen) atoms. The van der Waals surface area contributed by atoms with Crippen molar-refractivity contribution in [3.63, 3.8) is 0 Å². The Hall–Kier alpha value is -4.10. The highest BCUT2D eigenvalue weighted by Gasteiger charge is 2.35. The summed E-state index contributed by atoms with van der Waals surface area (Å²) in [5, 5.41) is 20.2. The van der Waals surface area contributed by atoms with Gasteiger partial charge in [-0.15, -0.1) is 5.10 Å². The van der Waals surface area contributed by atoms with E-state index in [2.05, 4.69) is 20.4 Å². The van der Waals surface area contributed by atoms with E-state index in [1.165, 1.54) is 24.3 Å². The molecule has 9 nitrogen and oxygen atoms in total. The molecule has 1 aromatic heterocycles. The number of rotatable bonds is 6. The quantitative estimate of drug-likeness (QED) is 0.350. The van der Waals surface area contributed by atoms with Gasteiger partial charge in [0.05, 0.1) is 22.4 Å². The van der Waals surface area contributed by atoms with E-state index in [1.54, 1.807) is 0 Å². The van der Waals surface area contributed by atoms with E-state index in [0.29, 0.717) is 12.1 Å². The molecule has 0 saturated carbocycles. The number of nitrogens with zero attached hydrogens (tertiary/aromatic N) is 4. The molecule has 0 atom stereocenters. The van der Waals surface area contributed by atoms with Gasteiger partial charge in [0.25, 0.3) is 11.6 Å².